The molecule has 1 unspecified atom stereocenters. The molecule has 1 heterocycles. The second-order valence-corrected chi connectivity index (χ2v) is 7.46. The first-order valence-corrected chi connectivity index (χ1v) is 8.79. The third-order valence-electron chi connectivity index (χ3n) is 4.12. The molecule has 1 aliphatic rings. The standard InChI is InChI=1S/C16H18N2O5S/c1-3-10-17-24(22,23)13-7-5-12(6-8-13)14(19)18-11-4-9-16(18,2)15(20)21/h1,5-8,17H,4,9-11H2,2H3,(H,20,21). The number of carbonyl (C=O) groups excluding carboxylic acids is 1. The molecule has 1 aromatic rings. The highest BCUT2D eigenvalue weighted by molar-refractivity contribution is 7.89. The molecular formula is C16H18N2O5S. The minimum Gasteiger partial charge on any atom is -0.480 e. The number of amides is 1. The van der Waals surface area contributed by atoms with Crippen molar-refractivity contribution in [3.8, 4) is 12.3 Å². The van der Waals surface area contributed by atoms with Gasteiger partial charge in [0.25, 0.3) is 5.91 Å². The zero-order chi connectivity index (χ0) is 18.0. The summed E-state index contributed by atoms with van der Waals surface area (Å²) in [5.74, 6) is 0.691. The lowest BCUT2D eigenvalue weighted by Crippen LogP contribution is -2.50. The number of hydrogen-bond donors (Lipinski definition) is 2. The Morgan fingerprint density at radius 3 is 2.54 bits per heavy atom. The molecular weight excluding hydrogens is 332 g/mol. The Morgan fingerprint density at radius 2 is 2.00 bits per heavy atom. The summed E-state index contributed by atoms with van der Waals surface area (Å²) >= 11 is 0. The summed E-state index contributed by atoms with van der Waals surface area (Å²) in [4.78, 5) is 25.3. The Bertz CT molecular complexity index is 795. The van der Waals surface area contributed by atoms with E-state index in [0.29, 0.717) is 19.4 Å². The molecule has 7 nitrogen and oxygen atoms in total. The molecule has 0 saturated carbocycles. The molecule has 0 spiro atoms. The molecule has 1 aliphatic heterocycles. The molecule has 1 saturated heterocycles. The number of carboxylic acid groups (broad SMARTS) is 1. The third-order valence-corrected chi connectivity index (χ3v) is 5.54. The number of sulfonamides is 1. The van der Waals surface area contributed by atoms with Crippen LogP contribution < -0.4 is 4.72 Å². The maximum Gasteiger partial charge on any atom is 0.329 e. The van der Waals surface area contributed by atoms with Crippen LogP contribution in [-0.2, 0) is 14.8 Å². The van der Waals surface area contributed by atoms with Crippen molar-refractivity contribution in [3.63, 3.8) is 0 Å². The highest BCUT2D eigenvalue weighted by Crippen LogP contribution is 2.30. The molecule has 128 valence electrons. The largest absolute Gasteiger partial charge is 0.480 e. The number of benzene rings is 1. The van der Waals surface area contributed by atoms with E-state index in [0.717, 1.165) is 0 Å². The number of nitrogens with one attached hydrogen (secondary N) is 1. The van der Waals surface area contributed by atoms with Crippen LogP contribution in [0.5, 0.6) is 0 Å². The van der Waals surface area contributed by atoms with E-state index in [-0.39, 0.29) is 17.0 Å². The van der Waals surface area contributed by atoms with Crippen LogP contribution in [0, 0.1) is 12.3 Å². The lowest BCUT2D eigenvalue weighted by atomic mass is 9.98. The fourth-order valence-electron chi connectivity index (χ4n) is 2.66. The summed E-state index contributed by atoms with van der Waals surface area (Å²) < 4.78 is 26.1. The first-order valence-electron chi connectivity index (χ1n) is 7.31. The number of carboxylic acids is 1. The summed E-state index contributed by atoms with van der Waals surface area (Å²) in [7, 11) is -3.73. The van der Waals surface area contributed by atoms with Crippen molar-refractivity contribution < 1.29 is 23.1 Å². The van der Waals surface area contributed by atoms with Gasteiger partial charge in [-0.05, 0) is 44.0 Å². The summed E-state index contributed by atoms with van der Waals surface area (Å²) in [5.41, 5.74) is -1.00. The van der Waals surface area contributed by atoms with Gasteiger partial charge in [-0.1, -0.05) is 5.92 Å². The zero-order valence-electron chi connectivity index (χ0n) is 13.2. The predicted molar refractivity (Wildman–Crippen MR) is 86.8 cm³/mol. The topological polar surface area (TPSA) is 104 Å². The normalized spacial score (nSPS) is 20.6. The fourth-order valence-corrected chi connectivity index (χ4v) is 3.60. The van der Waals surface area contributed by atoms with Crippen molar-refractivity contribution in [2.24, 2.45) is 0 Å². The van der Waals surface area contributed by atoms with Crippen LogP contribution in [0.25, 0.3) is 0 Å². The van der Waals surface area contributed by atoms with Crippen molar-refractivity contribution in [2.75, 3.05) is 13.1 Å². The summed E-state index contributed by atoms with van der Waals surface area (Å²) in [5, 5.41) is 9.37. The molecule has 24 heavy (non-hydrogen) atoms. The first kappa shape index (κ1) is 18.0. The van der Waals surface area contributed by atoms with Gasteiger partial charge in [0.1, 0.15) is 5.54 Å². The van der Waals surface area contributed by atoms with Gasteiger partial charge >= 0.3 is 5.97 Å². The van der Waals surface area contributed by atoms with Gasteiger partial charge in [-0.2, -0.15) is 4.72 Å². The van der Waals surface area contributed by atoms with E-state index in [1.165, 1.54) is 36.1 Å². The molecule has 0 aliphatic carbocycles. The van der Waals surface area contributed by atoms with Crippen LogP contribution in [0.4, 0.5) is 0 Å². The highest BCUT2D eigenvalue weighted by atomic mass is 32.2. The van der Waals surface area contributed by atoms with Gasteiger partial charge in [-0.15, -0.1) is 6.42 Å². The number of hydrogen-bond acceptors (Lipinski definition) is 4. The second-order valence-electron chi connectivity index (χ2n) is 5.69. The Morgan fingerprint density at radius 1 is 1.38 bits per heavy atom. The predicted octanol–water partition coefficient (Wildman–Crippen LogP) is 0.677. The Labute approximate surface area is 140 Å². The molecule has 0 aromatic heterocycles. The van der Waals surface area contributed by atoms with Crippen LogP contribution in [0.3, 0.4) is 0 Å². The Balaban J connectivity index is 2.24. The minimum atomic E-state index is -3.73. The minimum absolute atomic E-state index is 0.0169. The number of carbonyl (C=O) groups is 2. The summed E-state index contributed by atoms with van der Waals surface area (Å²) in [6.07, 6.45) is 6.02. The molecule has 1 fully saturated rings. The fraction of sp³-hybridized carbons (Fsp3) is 0.375. The zero-order valence-corrected chi connectivity index (χ0v) is 14.0. The quantitative estimate of drug-likeness (QED) is 0.760. The number of rotatable bonds is 5. The van der Waals surface area contributed by atoms with Crippen molar-refractivity contribution in [3.05, 3.63) is 29.8 Å². The second kappa shape index (κ2) is 6.63. The monoisotopic (exact) mass is 350 g/mol. The van der Waals surface area contributed by atoms with Gasteiger partial charge in [0.05, 0.1) is 11.4 Å². The maximum atomic E-state index is 12.6. The molecule has 0 bridgehead atoms. The van der Waals surface area contributed by atoms with E-state index in [9.17, 15) is 23.1 Å². The van der Waals surface area contributed by atoms with Crippen LogP contribution in [0.1, 0.15) is 30.1 Å². The molecule has 2 N–H and O–H groups in total. The van der Waals surface area contributed by atoms with Crippen LogP contribution in [0.15, 0.2) is 29.2 Å². The van der Waals surface area contributed by atoms with Crippen molar-refractivity contribution in [2.45, 2.75) is 30.2 Å². The Hall–Kier alpha value is -2.37. The molecule has 2 rings (SSSR count). The van der Waals surface area contributed by atoms with Crippen LogP contribution in [-0.4, -0.2) is 48.9 Å². The lowest BCUT2D eigenvalue weighted by molar-refractivity contribution is -0.147. The van der Waals surface area contributed by atoms with E-state index in [1.807, 2.05) is 0 Å². The van der Waals surface area contributed by atoms with Gasteiger partial charge in [0, 0.05) is 12.1 Å². The number of aliphatic carboxylic acids is 1. The highest BCUT2D eigenvalue weighted by Gasteiger charge is 2.46. The van der Waals surface area contributed by atoms with E-state index >= 15 is 0 Å². The molecule has 1 amide bonds. The van der Waals surface area contributed by atoms with E-state index < -0.39 is 27.4 Å². The summed E-state index contributed by atoms with van der Waals surface area (Å²) in [6, 6.07) is 5.32. The van der Waals surface area contributed by atoms with E-state index in [2.05, 4.69) is 10.6 Å². The molecule has 1 atom stereocenters. The number of nitrogens with zero attached hydrogens (tertiary/aromatic N) is 1. The SMILES string of the molecule is C#CCNS(=O)(=O)c1ccc(C(=O)N2CCCC2(C)C(=O)O)cc1. The van der Waals surface area contributed by atoms with Crippen LogP contribution >= 0.6 is 0 Å². The number of likely N-dealkylation sites (tertiary alicyclic amines) is 1. The van der Waals surface area contributed by atoms with Gasteiger partial charge in [0.2, 0.25) is 10.0 Å². The van der Waals surface area contributed by atoms with Crippen molar-refractivity contribution in [1.82, 2.24) is 9.62 Å². The van der Waals surface area contributed by atoms with Gasteiger partial charge in [0.15, 0.2) is 0 Å². The van der Waals surface area contributed by atoms with E-state index in [1.54, 1.807) is 0 Å². The first-order chi connectivity index (χ1) is 11.2. The third kappa shape index (κ3) is 3.27. The maximum absolute atomic E-state index is 12.6. The Kier molecular flexibility index (Phi) is 4.96. The molecule has 1 aromatic carbocycles. The van der Waals surface area contributed by atoms with Crippen molar-refractivity contribution >= 4 is 21.9 Å². The van der Waals surface area contributed by atoms with Gasteiger partial charge in [-0.3, -0.25) is 4.79 Å². The number of terminal acetylenes is 1. The summed E-state index contributed by atoms with van der Waals surface area (Å²) in [6.45, 7) is 1.74. The van der Waals surface area contributed by atoms with Crippen molar-refractivity contribution in [1.29, 1.82) is 0 Å². The lowest BCUT2D eigenvalue weighted by Gasteiger charge is -2.31. The average Bonchev–Trinajstić information content (AvgIpc) is 2.96. The molecule has 0 radical (unpaired) electrons. The van der Waals surface area contributed by atoms with Gasteiger partial charge < -0.3 is 10.0 Å². The average molecular weight is 350 g/mol. The van der Waals surface area contributed by atoms with Crippen LogP contribution in [0.2, 0.25) is 0 Å². The molecule has 8 heteroatoms. The van der Waals surface area contributed by atoms with Gasteiger partial charge in [-0.25, -0.2) is 13.2 Å². The smallest absolute Gasteiger partial charge is 0.329 e. The van der Waals surface area contributed by atoms with E-state index in [4.69, 9.17) is 6.42 Å².